The van der Waals surface area contributed by atoms with Crippen molar-refractivity contribution in [3.63, 3.8) is 0 Å². The van der Waals surface area contributed by atoms with Crippen LogP contribution in [-0.2, 0) is 11.8 Å². The largest absolute Gasteiger partial charge is 0.378 e. The zero-order chi connectivity index (χ0) is 22.1. The third kappa shape index (κ3) is 3.71. The molecule has 0 radical (unpaired) electrons. The molecule has 4 heterocycles. The summed E-state index contributed by atoms with van der Waals surface area (Å²) >= 11 is 0. The van der Waals surface area contributed by atoms with Gasteiger partial charge in [0, 0.05) is 43.3 Å². The predicted octanol–water partition coefficient (Wildman–Crippen LogP) is 2.10. The Balaban J connectivity index is 1.44. The Labute approximate surface area is 184 Å². The van der Waals surface area contributed by atoms with E-state index < -0.39 is 5.91 Å². The first kappa shape index (κ1) is 19.9. The van der Waals surface area contributed by atoms with Gasteiger partial charge in [0.25, 0.3) is 5.91 Å². The number of pyridine rings is 1. The number of morpholine rings is 1. The van der Waals surface area contributed by atoms with Gasteiger partial charge in [0.05, 0.1) is 43.1 Å². The van der Waals surface area contributed by atoms with E-state index in [1.165, 1.54) is 0 Å². The van der Waals surface area contributed by atoms with Crippen LogP contribution in [0.1, 0.15) is 10.5 Å². The van der Waals surface area contributed by atoms with Gasteiger partial charge >= 0.3 is 0 Å². The van der Waals surface area contributed by atoms with E-state index in [2.05, 4.69) is 30.2 Å². The summed E-state index contributed by atoms with van der Waals surface area (Å²) in [5.74, 6) is -0.380. The molecule has 0 unspecified atom stereocenters. The molecule has 0 atom stereocenters. The standard InChI is InChI=1S/C22H22N8O2/c1-29-13-26-19-16(10-24-12-18(19)29)17-11-25-22(20(28-17)21(23)31)27-14-2-4-15(5-3-14)30-6-8-32-9-7-30/h2-5,10-13H,6-9H2,1H3,(H2,23,31)(H,25,27). The number of carbonyl (C=O) groups is 1. The van der Waals surface area contributed by atoms with Gasteiger partial charge in [-0.15, -0.1) is 0 Å². The lowest BCUT2D eigenvalue weighted by atomic mass is 10.2. The molecule has 1 aliphatic rings. The predicted molar refractivity (Wildman–Crippen MR) is 121 cm³/mol. The third-order valence-electron chi connectivity index (χ3n) is 5.43. The molecule has 1 aromatic carbocycles. The third-order valence-corrected chi connectivity index (χ3v) is 5.43. The van der Waals surface area contributed by atoms with Crippen molar-refractivity contribution >= 4 is 34.1 Å². The summed E-state index contributed by atoms with van der Waals surface area (Å²) in [5.41, 5.74) is 10.3. The number of anilines is 3. The number of ether oxygens (including phenoxy) is 1. The van der Waals surface area contributed by atoms with E-state index in [1.54, 1.807) is 24.9 Å². The Kier molecular flexibility index (Phi) is 5.12. The summed E-state index contributed by atoms with van der Waals surface area (Å²) in [6.07, 6.45) is 6.67. The number of imidazole rings is 1. The monoisotopic (exact) mass is 430 g/mol. The molecule has 3 N–H and O–H groups in total. The van der Waals surface area contributed by atoms with Gasteiger partial charge in [0.15, 0.2) is 11.5 Å². The maximum absolute atomic E-state index is 12.1. The van der Waals surface area contributed by atoms with Crippen LogP contribution in [0.2, 0.25) is 0 Å². The molecule has 5 rings (SSSR count). The normalized spacial score (nSPS) is 14.0. The van der Waals surface area contributed by atoms with Crippen LogP contribution in [-0.4, -0.2) is 56.7 Å². The van der Waals surface area contributed by atoms with Crippen LogP contribution in [0, 0.1) is 0 Å². The second kappa shape index (κ2) is 8.23. The minimum atomic E-state index is -0.673. The van der Waals surface area contributed by atoms with Crippen molar-refractivity contribution in [1.29, 1.82) is 0 Å². The summed E-state index contributed by atoms with van der Waals surface area (Å²) in [5, 5.41) is 3.15. The highest BCUT2D eigenvalue weighted by molar-refractivity contribution is 5.97. The molecule has 10 nitrogen and oxygen atoms in total. The van der Waals surface area contributed by atoms with Crippen LogP contribution in [0.5, 0.6) is 0 Å². The maximum Gasteiger partial charge on any atom is 0.271 e. The van der Waals surface area contributed by atoms with Gasteiger partial charge < -0.3 is 25.3 Å². The number of primary amides is 1. The Bertz CT molecular complexity index is 1280. The Morgan fingerprint density at radius 1 is 1.09 bits per heavy atom. The number of hydrogen-bond acceptors (Lipinski definition) is 8. The molecule has 1 amide bonds. The van der Waals surface area contributed by atoms with E-state index >= 15 is 0 Å². The Hall–Kier alpha value is -4.05. The lowest BCUT2D eigenvalue weighted by Gasteiger charge is -2.28. The Morgan fingerprint density at radius 3 is 2.62 bits per heavy atom. The fourth-order valence-corrected chi connectivity index (χ4v) is 3.73. The van der Waals surface area contributed by atoms with Gasteiger partial charge in [-0.2, -0.15) is 0 Å². The SMILES string of the molecule is Cn1cnc2c(-c3cnc(Nc4ccc(N5CCOCC5)cc4)c(C(N)=O)n3)cncc21. The number of nitrogens with two attached hydrogens (primary N) is 1. The van der Waals surface area contributed by atoms with Crippen LogP contribution < -0.4 is 16.0 Å². The van der Waals surface area contributed by atoms with E-state index in [1.807, 2.05) is 35.9 Å². The average molecular weight is 430 g/mol. The average Bonchev–Trinajstić information content (AvgIpc) is 3.21. The van der Waals surface area contributed by atoms with E-state index in [9.17, 15) is 4.79 Å². The van der Waals surface area contributed by atoms with Crippen LogP contribution in [0.3, 0.4) is 0 Å². The molecule has 0 aliphatic carbocycles. The summed E-state index contributed by atoms with van der Waals surface area (Å²) < 4.78 is 7.27. The molecule has 10 heteroatoms. The van der Waals surface area contributed by atoms with E-state index in [-0.39, 0.29) is 5.69 Å². The highest BCUT2D eigenvalue weighted by Gasteiger charge is 2.17. The number of rotatable bonds is 5. The molecule has 0 spiro atoms. The number of nitrogens with one attached hydrogen (secondary N) is 1. The molecule has 32 heavy (non-hydrogen) atoms. The second-order valence-corrected chi connectivity index (χ2v) is 7.50. The molecule has 3 aromatic heterocycles. The van der Waals surface area contributed by atoms with Crippen molar-refractivity contribution in [2.75, 3.05) is 36.5 Å². The van der Waals surface area contributed by atoms with Crippen molar-refractivity contribution < 1.29 is 9.53 Å². The number of fused-ring (bicyclic) bond motifs is 1. The van der Waals surface area contributed by atoms with Crippen molar-refractivity contribution in [2.45, 2.75) is 0 Å². The highest BCUT2D eigenvalue weighted by Crippen LogP contribution is 2.27. The summed E-state index contributed by atoms with van der Waals surface area (Å²) in [6.45, 7) is 3.18. The number of aryl methyl sites for hydroxylation is 1. The second-order valence-electron chi connectivity index (χ2n) is 7.50. The van der Waals surface area contributed by atoms with Crippen molar-refractivity contribution in [2.24, 2.45) is 12.8 Å². The number of aromatic nitrogens is 5. The number of benzene rings is 1. The van der Waals surface area contributed by atoms with Crippen LogP contribution in [0.25, 0.3) is 22.3 Å². The summed E-state index contributed by atoms with van der Waals surface area (Å²) in [7, 11) is 1.89. The first-order valence-corrected chi connectivity index (χ1v) is 10.2. The van der Waals surface area contributed by atoms with Gasteiger partial charge in [-0.1, -0.05) is 0 Å². The van der Waals surface area contributed by atoms with E-state index in [0.717, 1.165) is 48.7 Å². The van der Waals surface area contributed by atoms with E-state index in [4.69, 9.17) is 10.5 Å². The molecular formula is C22H22N8O2. The molecule has 0 saturated carbocycles. The quantitative estimate of drug-likeness (QED) is 0.493. The van der Waals surface area contributed by atoms with Gasteiger partial charge in [0.1, 0.15) is 5.52 Å². The molecular weight excluding hydrogens is 408 g/mol. The molecule has 4 aromatic rings. The minimum Gasteiger partial charge on any atom is -0.378 e. The van der Waals surface area contributed by atoms with Crippen molar-refractivity contribution in [3.05, 3.63) is 54.9 Å². The molecule has 1 saturated heterocycles. The number of hydrogen-bond donors (Lipinski definition) is 2. The van der Waals surface area contributed by atoms with Gasteiger partial charge in [-0.25, -0.2) is 15.0 Å². The highest BCUT2D eigenvalue weighted by atomic mass is 16.5. The van der Waals surface area contributed by atoms with Crippen LogP contribution in [0.15, 0.2) is 49.2 Å². The number of nitrogens with zero attached hydrogens (tertiary/aromatic N) is 6. The number of carbonyl (C=O) groups excluding carboxylic acids is 1. The molecule has 1 aliphatic heterocycles. The molecule has 0 bridgehead atoms. The van der Waals surface area contributed by atoms with E-state index in [0.29, 0.717) is 17.1 Å². The molecule has 1 fully saturated rings. The zero-order valence-corrected chi connectivity index (χ0v) is 17.5. The first-order chi connectivity index (χ1) is 15.6. The summed E-state index contributed by atoms with van der Waals surface area (Å²) in [6, 6.07) is 7.91. The van der Waals surface area contributed by atoms with Gasteiger partial charge in [-0.05, 0) is 24.3 Å². The zero-order valence-electron chi connectivity index (χ0n) is 17.5. The maximum atomic E-state index is 12.1. The topological polar surface area (TPSA) is 124 Å². The van der Waals surface area contributed by atoms with Gasteiger partial charge in [0.2, 0.25) is 0 Å². The van der Waals surface area contributed by atoms with Crippen molar-refractivity contribution in [3.8, 4) is 11.3 Å². The lowest BCUT2D eigenvalue weighted by Crippen LogP contribution is -2.36. The minimum absolute atomic E-state index is 0.0488. The fourth-order valence-electron chi connectivity index (χ4n) is 3.73. The lowest BCUT2D eigenvalue weighted by molar-refractivity contribution is 0.0996. The summed E-state index contributed by atoms with van der Waals surface area (Å²) in [4.78, 5) is 32.0. The van der Waals surface area contributed by atoms with Crippen LogP contribution >= 0.6 is 0 Å². The van der Waals surface area contributed by atoms with Gasteiger partial charge in [-0.3, -0.25) is 9.78 Å². The van der Waals surface area contributed by atoms with Crippen molar-refractivity contribution in [1.82, 2.24) is 24.5 Å². The molecule has 162 valence electrons. The van der Waals surface area contributed by atoms with Crippen LogP contribution in [0.4, 0.5) is 17.2 Å². The fraction of sp³-hybridized carbons (Fsp3) is 0.227. The number of amides is 1. The smallest absolute Gasteiger partial charge is 0.271 e. The Morgan fingerprint density at radius 2 is 1.88 bits per heavy atom. The first-order valence-electron chi connectivity index (χ1n) is 10.2.